The standard InChI is InChI=1S/C17H17Cl2N5O2/c18-14-4-2-9(7-21-14)1-3-11-15(19)23-17(20)24-16(11)22-12-5-10(8-25)6-13(12)26/h2,4,7,10,12-13,25-26H,5-6,8H2,(H3,20,22,23,24)/t10-,12+,13+/m0/s1. The van der Waals surface area contributed by atoms with Crippen molar-refractivity contribution >= 4 is 35.0 Å². The Balaban J connectivity index is 1.90. The lowest BCUT2D eigenvalue weighted by atomic mass is 10.1. The largest absolute Gasteiger partial charge is 0.396 e. The third-order valence-electron chi connectivity index (χ3n) is 4.15. The number of nitrogens with one attached hydrogen (secondary N) is 1. The molecule has 1 fully saturated rings. The molecule has 0 amide bonds. The molecule has 3 atom stereocenters. The number of aliphatic hydroxyl groups is 2. The topological polar surface area (TPSA) is 117 Å². The minimum absolute atomic E-state index is 0.00223. The summed E-state index contributed by atoms with van der Waals surface area (Å²) >= 11 is 12.0. The van der Waals surface area contributed by atoms with Crippen LogP contribution in [0.2, 0.25) is 10.3 Å². The van der Waals surface area contributed by atoms with Gasteiger partial charge in [0.2, 0.25) is 5.95 Å². The van der Waals surface area contributed by atoms with Crippen LogP contribution in [-0.4, -0.2) is 43.9 Å². The molecule has 1 saturated carbocycles. The molecule has 0 saturated heterocycles. The van der Waals surface area contributed by atoms with Crippen LogP contribution >= 0.6 is 23.2 Å². The molecule has 2 aromatic rings. The molecular formula is C17H17Cl2N5O2. The van der Waals surface area contributed by atoms with Crippen LogP contribution in [0.3, 0.4) is 0 Å². The third kappa shape index (κ3) is 4.34. The summed E-state index contributed by atoms with van der Waals surface area (Å²) in [5, 5.41) is 23.1. The smallest absolute Gasteiger partial charge is 0.223 e. The number of aromatic nitrogens is 3. The fraction of sp³-hybridized carbons (Fsp3) is 0.353. The number of hydrogen-bond acceptors (Lipinski definition) is 7. The summed E-state index contributed by atoms with van der Waals surface area (Å²) in [6, 6.07) is 3.08. The average molecular weight is 394 g/mol. The van der Waals surface area contributed by atoms with Crippen molar-refractivity contribution in [2.24, 2.45) is 5.92 Å². The van der Waals surface area contributed by atoms with Gasteiger partial charge in [-0.3, -0.25) is 0 Å². The van der Waals surface area contributed by atoms with Crippen molar-refractivity contribution in [3.63, 3.8) is 0 Å². The van der Waals surface area contributed by atoms with Crippen molar-refractivity contribution in [3.05, 3.63) is 39.8 Å². The highest BCUT2D eigenvalue weighted by Crippen LogP contribution is 2.30. The van der Waals surface area contributed by atoms with E-state index in [0.717, 1.165) is 0 Å². The first-order chi connectivity index (χ1) is 12.5. The molecular weight excluding hydrogens is 377 g/mol. The van der Waals surface area contributed by atoms with Gasteiger partial charge in [-0.25, -0.2) is 4.98 Å². The number of anilines is 2. The molecule has 0 bridgehead atoms. The van der Waals surface area contributed by atoms with E-state index < -0.39 is 6.10 Å². The van der Waals surface area contributed by atoms with Gasteiger partial charge in [0.25, 0.3) is 0 Å². The molecule has 0 aliphatic heterocycles. The van der Waals surface area contributed by atoms with E-state index in [2.05, 4.69) is 32.1 Å². The Morgan fingerprint density at radius 3 is 2.69 bits per heavy atom. The summed E-state index contributed by atoms with van der Waals surface area (Å²) in [5.41, 5.74) is 6.71. The molecule has 0 spiro atoms. The lowest BCUT2D eigenvalue weighted by Gasteiger charge is -2.18. The van der Waals surface area contributed by atoms with Gasteiger partial charge < -0.3 is 21.3 Å². The second kappa shape index (κ2) is 8.06. The van der Waals surface area contributed by atoms with E-state index in [1.165, 1.54) is 0 Å². The number of pyridine rings is 1. The van der Waals surface area contributed by atoms with Gasteiger partial charge in [-0.1, -0.05) is 35.0 Å². The van der Waals surface area contributed by atoms with E-state index in [-0.39, 0.29) is 29.7 Å². The molecule has 1 aliphatic rings. The molecule has 26 heavy (non-hydrogen) atoms. The van der Waals surface area contributed by atoms with Crippen molar-refractivity contribution in [1.29, 1.82) is 0 Å². The summed E-state index contributed by atoms with van der Waals surface area (Å²) in [6.45, 7) is 0.0259. The van der Waals surface area contributed by atoms with Crippen molar-refractivity contribution in [2.75, 3.05) is 17.7 Å². The normalized spacial score (nSPS) is 21.9. The van der Waals surface area contributed by atoms with E-state index >= 15 is 0 Å². The van der Waals surface area contributed by atoms with E-state index in [4.69, 9.17) is 28.9 Å². The van der Waals surface area contributed by atoms with E-state index in [1.807, 2.05) is 0 Å². The Morgan fingerprint density at radius 1 is 1.23 bits per heavy atom. The van der Waals surface area contributed by atoms with Gasteiger partial charge in [-0.05, 0) is 30.9 Å². The summed E-state index contributed by atoms with van der Waals surface area (Å²) in [5.74, 6) is 6.23. The van der Waals surface area contributed by atoms with Gasteiger partial charge in [0, 0.05) is 18.4 Å². The molecule has 3 rings (SSSR count). The molecule has 1 aliphatic carbocycles. The number of nitrogens with two attached hydrogens (primary N) is 1. The van der Waals surface area contributed by atoms with Gasteiger partial charge in [0.05, 0.1) is 12.1 Å². The first-order valence-corrected chi connectivity index (χ1v) is 8.74. The van der Waals surface area contributed by atoms with Gasteiger partial charge in [0.1, 0.15) is 16.5 Å². The maximum Gasteiger partial charge on any atom is 0.223 e. The minimum atomic E-state index is -0.608. The number of nitrogens with zero attached hydrogens (tertiary/aromatic N) is 3. The predicted octanol–water partition coefficient (Wildman–Crippen LogP) is 1.70. The van der Waals surface area contributed by atoms with Crippen LogP contribution in [0.25, 0.3) is 0 Å². The van der Waals surface area contributed by atoms with Crippen LogP contribution in [0, 0.1) is 17.8 Å². The maximum absolute atomic E-state index is 10.2. The number of halogens is 2. The highest BCUT2D eigenvalue weighted by atomic mass is 35.5. The first-order valence-electron chi connectivity index (χ1n) is 7.98. The average Bonchev–Trinajstić information content (AvgIpc) is 2.95. The Bertz CT molecular complexity index is 851. The molecule has 7 nitrogen and oxygen atoms in total. The van der Waals surface area contributed by atoms with E-state index in [0.29, 0.717) is 34.9 Å². The van der Waals surface area contributed by atoms with Crippen LogP contribution in [-0.2, 0) is 0 Å². The minimum Gasteiger partial charge on any atom is -0.396 e. The van der Waals surface area contributed by atoms with E-state index in [9.17, 15) is 10.2 Å². The molecule has 2 aromatic heterocycles. The van der Waals surface area contributed by atoms with Gasteiger partial charge in [0.15, 0.2) is 5.15 Å². The predicted molar refractivity (Wildman–Crippen MR) is 99.9 cm³/mol. The maximum atomic E-state index is 10.2. The highest BCUT2D eigenvalue weighted by Gasteiger charge is 2.33. The van der Waals surface area contributed by atoms with Crippen molar-refractivity contribution in [1.82, 2.24) is 15.0 Å². The zero-order chi connectivity index (χ0) is 18.7. The summed E-state index contributed by atoms with van der Waals surface area (Å²) < 4.78 is 0. The van der Waals surface area contributed by atoms with Crippen LogP contribution < -0.4 is 11.1 Å². The summed E-state index contributed by atoms with van der Waals surface area (Å²) in [4.78, 5) is 12.1. The molecule has 5 N–H and O–H groups in total. The van der Waals surface area contributed by atoms with Crippen LogP contribution in [0.1, 0.15) is 24.0 Å². The van der Waals surface area contributed by atoms with Gasteiger partial charge >= 0.3 is 0 Å². The Labute approximate surface area is 160 Å². The molecule has 0 aromatic carbocycles. The number of hydrogen-bond donors (Lipinski definition) is 4. The molecule has 9 heteroatoms. The summed E-state index contributed by atoms with van der Waals surface area (Å²) in [6.07, 6.45) is 2.05. The molecule has 2 heterocycles. The molecule has 0 unspecified atom stereocenters. The quantitative estimate of drug-likeness (QED) is 0.356. The monoisotopic (exact) mass is 393 g/mol. The Kier molecular flexibility index (Phi) is 5.79. The fourth-order valence-corrected chi connectivity index (χ4v) is 3.18. The zero-order valence-electron chi connectivity index (χ0n) is 13.7. The number of nitrogen functional groups attached to an aromatic ring is 1. The van der Waals surface area contributed by atoms with Crippen molar-refractivity contribution in [2.45, 2.75) is 25.0 Å². The van der Waals surface area contributed by atoms with Crippen LogP contribution in [0.5, 0.6) is 0 Å². The van der Waals surface area contributed by atoms with Gasteiger partial charge in [-0.2, -0.15) is 9.97 Å². The third-order valence-corrected chi connectivity index (χ3v) is 4.65. The van der Waals surface area contributed by atoms with Crippen molar-refractivity contribution in [3.8, 4) is 11.8 Å². The van der Waals surface area contributed by atoms with E-state index in [1.54, 1.807) is 18.3 Å². The van der Waals surface area contributed by atoms with Crippen LogP contribution in [0.15, 0.2) is 18.3 Å². The Morgan fingerprint density at radius 2 is 2.04 bits per heavy atom. The lowest BCUT2D eigenvalue weighted by Crippen LogP contribution is -2.29. The highest BCUT2D eigenvalue weighted by molar-refractivity contribution is 6.31. The second-order valence-electron chi connectivity index (χ2n) is 6.05. The van der Waals surface area contributed by atoms with Gasteiger partial charge in [-0.15, -0.1) is 0 Å². The number of rotatable bonds is 3. The molecule has 136 valence electrons. The number of aliphatic hydroxyl groups excluding tert-OH is 2. The Hall–Kier alpha value is -2.11. The zero-order valence-corrected chi connectivity index (χ0v) is 15.2. The molecule has 0 radical (unpaired) electrons. The SMILES string of the molecule is Nc1nc(Cl)c(C#Cc2ccc(Cl)nc2)c(N[C@@H]2C[C@H](CO)C[C@H]2O)n1. The second-order valence-corrected chi connectivity index (χ2v) is 6.80. The first kappa shape index (κ1) is 18.7. The fourth-order valence-electron chi connectivity index (χ4n) is 2.85. The summed E-state index contributed by atoms with van der Waals surface area (Å²) in [7, 11) is 0. The van der Waals surface area contributed by atoms with Crippen LogP contribution in [0.4, 0.5) is 11.8 Å². The van der Waals surface area contributed by atoms with Crippen molar-refractivity contribution < 1.29 is 10.2 Å². The lowest BCUT2D eigenvalue weighted by molar-refractivity contribution is 0.157.